The van der Waals surface area contributed by atoms with Gasteiger partial charge < -0.3 is 5.32 Å². The molecule has 2 N–H and O–H groups in total. The summed E-state index contributed by atoms with van der Waals surface area (Å²) >= 11 is 3.49. The second-order valence-corrected chi connectivity index (χ2v) is 9.13. The lowest BCUT2D eigenvalue weighted by Gasteiger charge is -2.27. The van der Waals surface area contributed by atoms with Gasteiger partial charge in [-0.2, -0.15) is 0 Å². The summed E-state index contributed by atoms with van der Waals surface area (Å²) in [5.74, 6) is 0. The Labute approximate surface area is 146 Å². The molecule has 0 saturated carbocycles. The molecule has 2 aromatic rings. The summed E-state index contributed by atoms with van der Waals surface area (Å²) in [6.07, 6.45) is 1.17. The van der Waals surface area contributed by atoms with Crippen LogP contribution < -0.4 is 10.0 Å². The summed E-state index contributed by atoms with van der Waals surface area (Å²) in [6.45, 7) is 8.15. The van der Waals surface area contributed by atoms with Crippen LogP contribution in [0.4, 0.5) is 5.69 Å². The first kappa shape index (κ1) is 18.2. The predicted octanol–water partition coefficient (Wildman–Crippen LogP) is 3.35. The molecule has 1 aromatic heterocycles. The molecule has 1 aromatic carbocycles. The molecule has 0 aliphatic carbocycles. The normalized spacial score (nSPS) is 12.6. The van der Waals surface area contributed by atoms with Crippen LogP contribution in [0, 0.1) is 13.8 Å². The third kappa shape index (κ3) is 4.65. The Morgan fingerprint density at radius 1 is 1.26 bits per heavy atom. The van der Waals surface area contributed by atoms with Crippen molar-refractivity contribution in [2.24, 2.45) is 0 Å². The fourth-order valence-electron chi connectivity index (χ4n) is 2.53. The Balaban J connectivity index is 2.39. The van der Waals surface area contributed by atoms with E-state index in [1.807, 2.05) is 45.9 Å². The van der Waals surface area contributed by atoms with Crippen molar-refractivity contribution in [1.82, 2.24) is 9.71 Å². The molecule has 0 aliphatic rings. The number of pyridine rings is 1. The lowest BCUT2D eigenvalue weighted by Crippen LogP contribution is -2.47. The molecule has 1 heterocycles. The maximum absolute atomic E-state index is 11.5. The molecule has 126 valence electrons. The third-order valence-corrected chi connectivity index (χ3v) is 5.02. The molecule has 0 atom stereocenters. The average molecular weight is 400 g/mol. The maximum Gasteiger partial charge on any atom is 0.209 e. The van der Waals surface area contributed by atoms with E-state index in [1.54, 1.807) is 0 Å². The highest BCUT2D eigenvalue weighted by Gasteiger charge is 2.22. The van der Waals surface area contributed by atoms with Gasteiger partial charge in [-0.3, -0.25) is 4.98 Å². The zero-order valence-electron chi connectivity index (χ0n) is 14.0. The van der Waals surface area contributed by atoms with Gasteiger partial charge in [0.05, 0.1) is 11.8 Å². The number of rotatable bonds is 5. The van der Waals surface area contributed by atoms with Crippen molar-refractivity contribution in [3.63, 3.8) is 0 Å². The number of nitrogens with zero attached hydrogens (tertiary/aromatic N) is 1. The van der Waals surface area contributed by atoms with Gasteiger partial charge in [0.2, 0.25) is 10.0 Å². The molecule has 23 heavy (non-hydrogen) atoms. The summed E-state index contributed by atoms with van der Waals surface area (Å²) < 4.78 is 26.6. The molecule has 5 nitrogen and oxygen atoms in total. The Kier molecular flexibility index (Phi) is 5.03. The van der Waals surface area contributed by atoms with Gasteiger partial charge >= 0.3 is 0 Å². The van der Waals surface area contributed by atoms with Gasteiger partial charge in [-0.15, -0.1) is 0 Å². The molecule has 0 aliphatic heterocycles. The van der Waals surface area contributed by atoms with E-state index < -0.39 is 15.6 Å². The minimum absolute atomic E-state index is 0.464. The van der Waals surface area contributed by atoms with Gasteiger partial charge in [-0.25, -0.2) is 13.1 Å². The number of benzene rings is 1. The molecule has 0 bridgehead atoms. The predicted molar refractivity (Wildman–Crippen MR) is 99.5 cm³/mol. The van der Waals surface area contributed by atoms with E-state index >= 15 is 0 Å². The topological polar surface area (TPSA) is 71.1 Å². The van der Waals surface area contributed by atoms with Crippen LogP contribution in [0.5, 0.6) is 0 Å². The van der Waals surface area contributed by atoms with E-state index in [9.17, 15) is 8.42 Å². The van der Waals surface area contributed by atoms with Crippen molar-refractivity contribution in [3.05, 3.63) is 33.9 Å². The number of hydrogen-bond donors (Lipinski definition) is 2. The van der Waals surface area contributed by atoms with Gasteiger partial charge in [0.15, 0.2) is 0 Å². The van der Waals surface area contributed by atoms with Crippen molar-refractivity contribution >= 4 is 42.5 Å². The first-order chi connectivity index (χ1) is 10.5. The Morgan fingerprint density at radius 3 is 2.52 bits per heavy atom. The Morgan fingerprint density at radius 2 is 1.91 bits per heavy atom. The van der Waals surface area contributed by atoms with E-state index in [-0.39, 0.29) is 0 Å². The summed E-state index contributed by atoms with van der Waals surface area (Å²) in [5.41, 5.74) is 3.31. The number of sulfonamides is 1. The molecule has 0 unspecified atom stereocenters. The van der Waals surface area contributed by atoms with Crippen molar-refractivity contribution in [2.75, 3.05) is 18.1 Å². The van der Waals surface area contributed by atoms with Crippen LogP contribution in [0.2, 0.25) is 0 Å². The molecule has 0 fully saturated rings. The van der Waals surface area contributed by atoms with E-state index in [0.29, 0.717) is 6.54 Å². The molecule has 0 saturated heterocycles. The van der Waals surface area contributed by atoms with Crippen LogP contribution in [0.1, 0.15) is 25.1 Å². The van der Waals surface area contributed by atoms with E-state index in [1.165, 1.54) is 6.26 Å². The van der Waals surface area contributed by atoms with E-state index in [2.05, 4.69) is 31.0 Å². The van der Waals surface area contributed by atoms with Crippen LogP contribution >= 0.6 is 15.9 Å². The lowest BCUT2D eigenvalue weighted by atomic mass is 10.0. The minimum Gasteiger partial charge on any atom is -0.382 e. The molecule has 2 rings (SSSR count). The van der Waals surface area contributed by atoms with Crippen LogP contribution in [0.15, 0.2) is 22.7 Å². The largest absolute Gasteiger partial charge is 0.382 e. The first-order valence-electron chi connectivity index (χ1n) is 7.28. The summed E-state index contributed by atoms with van der Waals surface area (Å²) in [7, 11) is -3.26. The number of anilines is 1. The highest BCUT2D eigenvalue weighted by atomic mass is 79.9. The van der Waals surface area contributed by atoms with Crippen molar-refractivity contribution < 1.29 is 8.42 Å². The Bertz CT molecular complexity index is 848. The molecule has 0 amide bonds. The minimum atomic E-state index is -3.26. The number of aryl methyl sites for hydroxylation is 1. The molecule has 0 radical (unpaired) electrons. The molecular formula is C16H22BrN3O2S. The van der Waals surface area contributed by atoms with Crippen LogP contribution in [-0.2, 0) is 10.0 Å². The maximum atomic E-state index is 11.5. The van der Waals surface area contributed by atoms with Crippen molar-refractivity contribution in [3.8, 4) is 0 Å². The van der Waals surface area contributed by atoms with Gasteiger partial charge in [-0.1, -0.05) is 15.9 Å². The van der Waals surface area contributed by atoms with Crippen LogP contribution in [-0.4, -0.2) is 31.7 Å². The van der Waals surface area contributed by atoms with Crippen LogP contribution in [0.3, 0.4) is 0 Å². The lowest BCUT2D eigenvalue weighted by molar-refractivity contribution is 0.476. The van der Waals surface area contributed by atoms with Crippen molar-refractivity contribution in [1.29, 1.82) is 0 Å². The highest BCUT2D eigenvalue weighted by molar-refractivity contribution is 9.10. The van der Waals surface area contributed by atoms with Crippen LogP contribution in [0.25, 0.3) is 10.9 Å². The number of fused-ring (bicyclic) bond motifs is 1. The van der Waals surface area contributed by atoms with Crippen molar-refractivity contribution in [2.45, 2.75) is 33.2 Å². The molecular weight excluding hydrogens is 378 g/mol. The van der Waals surface area contributed by atoms with Gasteiger partial charge in [0, 0.05) is 33.3 Å². The summed E-state index contributed by atoms with van der Waals surface area (Å²) in [6, 6.07) is 5.95. The second kappa shape index (κ2) is 6.37. The fraction of sp³-hybridized carbons (Fsp3) is 0.438. The number of halogens is 1. The number of nitrogens with one attached hydrogen (secondary N) is 2. The fourth-order valence-corrected chi connectivity index (χ4v) is 3.97. The SMILES string of the molecule is Cc1nc2ccc(Br)cc2c(NCC(C)(C)NS(C)(=O)=O)c1C. The number of aromatic nitrogens is 1. The molecule has 7 heteroatoms. The summed E-state index contributed by atoms with van der Waals surface area (Å²) in [4.78, 5) is 4.61. The highest BCUT2D eigenvalue weighted by Crippen LogP contribution is 2.30. The zero-order chi connectivity index (χ0) is 17.4. The second-order valence-electron chi connectivity index (χ2n) is 6.47. The monoisotopic (exact) mass is 399 g/mol. The van der Waals surface area contributed by atoms with E-state index in [0.717, 1.165) is 32.3 Å². The standard InChI is InChI=1S/C16H22BrN3O2S/c1-10-11(2)19-14-7-6-12(17)8-13(14)15(10)18-9-16(3,4)20-23(5,21)22/h6-8,20H,9H2,1-5H3,(H,18,19). The number of hydrogen-bond acceptors (Lipinski definition) is 4. The van der Waals surface area contributed by atoms with Gasteiger partial charge in [-0.05, 0) is 51.5 Å². The average Bonchev–Trinajstić information content (AvgIpc) is 2.37. The quantitative estimate of drug-likeness (QED) is 0.808. The van der Waals surface area contributed by atoms with Gasteiger partial charge in [0.25, 0.3) is 0 Å². The zero-order valence-corrected chi connectivity index (χ0v) is 16.4. The van der Waals surface area contributed by atoms with E-state index in [4.69, 9.17) is 0 Å². The smallest absolute Gasteiger partial charge is 0.209 e. The first-order valence-corrected chi connectivity index (χ1v) is 9.96. The molecule has 0 spiro atoms. The summed E-state index contributed by atoms with van der Waals surface area (Å²) in [5, 5.41) is 4.41. The third-order valence-electron chi connectivity index (χ3n) is 3.60. The van der Waals surface area contributed by atoms with Gasteiger partial charge in [0.1, 0.15) is 0 Å². The Hall–Kier alpha value is -1.18.